The van der Waals surface area contributed by atoms with Crippen LogP contribution in [0.5, 0.6) is 0 Å². The van der Waals surface area contributed by atoms with Crippen molar-refractivity contribution in [2.75, 3.05) is 24.8 Å². The van der Waals surface area contributed by atoms with Crippen molar-refractivity contribution >= 4 is 29.0 Å². The summed E-state index contributed by atoms with van der Waals surface area (Å²) in [5.74, 6) is -0.0730. The van der Waals surface area contributed by atoms with Gasteiger partial charge in [0.15, 0.2) is 0 Å². The smallest absolute Gasteiger partial charge is 0.255 e. The number of hydrogen-bond donors (Lipinski definition) is 2. The van der Waals surface area contributed by atoms with Gasteiger partial charge in [0.25, 0.3) is 5.91 Å². The topological polar surface area (TPSA) is 77.2 Å². The first-order chi connectivity index (χ1) is 10.1. The van der Waals surface area contributed by atoms with E-state index >= 15 is 0 Å². The first-order valence-electron chi connectivity index (χ1n) is 6.41. The molecule has 0 radical (unpaired) electrons. The van der Waals surface area contributed by atoms with E-state index in [0.717, 1.165) is 11.3 Å². The molecule has 2 aromatic rings. The molecule has 2 rings (SSSR count). The molecule has 0 bridgehead atoms. The summed E-state index contributed by atoms with van der Waals surface area (Å²) in [6.45, 7) is 0.584. The van der Waals surface area contributed by atoms with Crippen LogP contribution in [0, 0.1) is 0 Å². The number of para-hydroxylation sites is 1. The fraction of sp³-hybridized carbons (Fsp3) is 0.200. The summed E-state index contributed by atoms with van der Waals surface area (Å²) < 4.78 is 5.07. The summed E-state index contributed by atoms with van der Waals surface area (Å²) in [6, 6.07) is 10.5. The standard InChI is InChI=1S/C15H16ClN3O2/c1-21-7-6-10-4-2-3-5-12(10)18-15(20)11-8-13(16)19-14(17)9-11/h2-5,8-9H,6-7H2,1H3,(H2,17,19)(H,18,20). The lowest BCUT2D eigenvalue weighted by atomic mass is 10.1. The van der Waals surface area contributed by atoms with Gasteiger partial charge in [-0.1, -0.05) is 29.8 Å². The third kappa shape index (κ3) is 4.18. The number of nitrogens with one attached hydrogen (secondary N) is 1. The van der Waals surface area contributed by atoms with Gasteiger partial charge in [0.05, 0.1) is 6.61 Å². The minimum atomic E-state index is -0.282. The Morgan fingerprint density at radius 1 is 1.38 bits per heavy atom. The predicted octanol–water partition coefficient (Wildman–Crippen LogP) is 2.76. The van der Waals surface area contributed by atoms with Gasteiger partial charge in [0, 0.05) is 18.4 Å². The molecule has 0 atom stereocenters. The quantitative estimate of drug-likeness (QED) is 0.833. The zero-order chi connectivity index (χ0) is 15.2. The van der Waals surface area contributed by atoms with Gasteiger partial charge in [-0.05, 0) is 30.2 Å². The first-order valence-corrected chi connectivity index (χ1v) is 6.79. The van der Waals surface area contributed by atoms with Gasteiger partial charge in [0.2, 0.25) is 0 Å². The van der Waals surface area contributed by atoms with E-state index in [-0.39, 0.29) is 16.9 Å². The molecule has 1 aromatic carbocycles. The van der Waals surface area contributed by atoms with Crippen molar-refractivity contribution in [3.05, 3.63) is 52.7 Å². The van der Waals surface area contributed by atoms with Gasteiger partial charge < -0.3 is 15.8 Å². The Morgan fingerprint density at radius 2 is 2.14 bits per heavy atom. The van der Waals surface area contributed by atoms with E-state index in [1.54, 1.807) is 7.11 Å². The number of nitrogen functional groups attached to an aromatic ring is 1. The maximum absolute atomic E-state index is 12.3. The highest BCUT2D eigenvalue weighted by Gasteiger charge is 2.11. The number of benzene rings is 1. The van der Waals surface area contributed by atoms with Gasteiger partial charge in [-0.25, -0.2) is 4.98 Å². The van der Waals surface area contributed by atoms with Crippen LogP contribution in [0.15, 0.2) is 36.4 Å². The number of carbonyl (C=O) groups is 1. The van der Waals surface area contributed by atoms with Crippen LogP contribution in [0.25, 0.3) is 0 Å². The van der Waals surface area contributed by atoms with Gasteiger partial charge in [-0.15, -0.1) is 0 Å². The Hall–Kier alpha value is -2.11. The monoisotopic (exact) mass is 305 g/mol. The Morgan fingerprint density at radius 3 is 2.86 bits per heavy atom. The van der Waals surface area contributed by atoms with Crippen molar-refractivity contribution < 1.29 is 9.53 Å². The number of carbonyl (C=O) groups excluding carboxylic acids is 1. The minimum Gasteiger partial charge on any atom is -0.384 e. The van der Waals surface area contributed by atoms with Crippen LogP contribution in [-0.2, 0) is 11.2 Å². The van der Waals surface area contributed by atoms with E-state index < -0.39 is 0 Å². The minimum absolute atomic E-state index is 0.188. The summed E-state index contributed by atoms with van der Waals surface area (Å²) in [4.78, 5) is 16.1. The zero-order valence-corrected chi connectivity index (χ0v) is 12.4. The third-order valence-electron chi connectivity index (χ3n) is 2.92. The average Bonchev–Trinajstić information content (AvgIpc) is 2.45. The Bertz CT molecular complexity index is 626. The van der Waals surface area contributed by atoms with Crippen LogP contribution in [0.3, 0.4) is 0 Å². The van der Waals surface area contributed by atoms with E-state index in [0.29, 0.717) is 18.6 Å². The lowest BCUT2D eigenvalue weighted by molar-refractivity contribution is 0.102. The molecule has 0 unspecified atom stereocenters. The largest absolute Gasteiger partial charge is 0.384 e. The summed E-state index contributed by atoms with van der Waals surface area (Å²) >= 11 is 5.81. The van der Waals surface area contributed by atoms with Crippen molar-refractivity contribution in [1.29, 1.82) is 0 Å². The van der Waals surface area contributed by atoms with E-state index in [9.17, 15) is 4.79 Å². The maximum atomic E-state index is 12.3. The molecule has 1 aromatic heterocycles. The van der Waals surface area contributed by atoms with E-state index in [1.165, 1.54) is 12.1 Å². The fourth-order valence-corrected chi connectivity index (χ4v) is 2.13. The average molecular weight is 306 g/mol. The SMILES string of the molecule is COCCc1ccccc1NC(=O)c1cc(N)nc(Cl)c1. The Kier molecular flexibility index (Phi) is 5.14. The number of hydrogen-bond acceptors (Lipinski definition) is 4. The zero-order valence-electron chi connectivity index (χ0n) is 11.6. The second kappa shape index (κ2) is 7.06. The van der Waals surface area contributed by atoms with Crippen molar-refractivity contribution in [3.63, 3.8) is 0 Å². The van der Waals surface area contributed by atoms with Crippen LogP contribution in [-0.4, -0.2) is 24.6 Å². The van der Waals surface area contributed by atoms with Crippen molar-refractivity contribution in [1.82, 2.24) is 4.98 Å². The molecule has 0 aliphatic heterocycles. The number of ether oxygens (including phenoxy) is 1. The molecule has 0 aliphatic rings. The number of rotatable bonds is 5. The second-order valence-corrected chi connectivity index (χ2v) is 4.84. The molecule has 0 spiro atoms. The molecule has 5 nitrogen and oxygen atoms in total. The summed E-state index contributed by atoms with van der Waals surface area (Å²) in [5.41, 5.74) is 7.71. The molecule has 6 heteroatoms. The molecule has 0 saturated heterocycles. The highest BCUT2D eigenvalue weighted by Crippen LogP contribution is 2.18. The molecular weight excluding hydrogens is 290 g/mol. The fourth-order valence-electron chi connectivity index (χ4n) is 1.92. The van der Waals surface area contributed by atoms with E-state index in [4.69, 9.17) is 22.1 Å². The van der Waals surface area contributed by atoms with Gasteiger partial charge in [-0.3, -0.25) is 4.79 Å². The van der Waals surface area contributed by atoms with Crippen molar-refractivity contribution in [3.8, 4) is 0 Å². The number of halogens is 1. The normalized spacial score (nSPS) is 10.4. The molecular formula is C15H16ClN3O2. The van der Waals surface area contributed by atoms with E-state index in [2.05, 4.69) is 10.3 Å². The number of methoxy groups -OCH3 is 1. The predicted molar refractivity (Wildman–Crippen MR) is 83.6 cm³/mol. The first kappa shape index (κ1) is 15.3. The molecule has 110 valence electrons. The molecule has 1 heterocycles. The maximum Gasteiger partial charge on any atom is 0.255 e. The number of anilines is 2. The van der Waals surface area contributed by atoms with Crippen molar-refractivity contribution in [2.24, 2.45) is 0 Å². The number of pyridine rings is 1. The van der Waals surface area contributed by atoms with Crippen LogP contribution >= 0.6 is 11.6 Å². The van der Waals surface area contributed by atoms with Gasteiger partial charge in [0.1, 0.15) is 11.0 Å². The lowest BCUT2D eigenvalue weighted by Gasteiger charge is -2.11. The van der Waals surface area contributed by atoms with Gasteiger partial charge in [-0.2, -0.15) is 0 Å². The molecule has 0 fully saturated rings. The highest BCUT2D eigenvalue weighted by molar-refractivity contribution is 6.30. The number of aromatic nitrogens is 1. The summed E-state index contributed by atoms with van der Waals surface area (Å²) in [6.07, 6.45) is 0.714. The number of amides is 1. The van der Waals surface area contributed by atoms with Crippen LogP contribution in [0.4, 0.5) is 11.5 Å². The second-order valence-electron chi connectivity index (χ2n) is 4.46. The summed E-state index contributed by atoms with van der Waals surface area (Å²) in [5, 5.41) is 3.04. The lowest BCUT2D eigenvalue weighted by Crippen LogP contribution is -2.14. The van der Waals surface area contributed by atoms with Crippen LogP contribution in [0.1, 0.15) is 15.9 Å². The number of nitrogens with zero attached hydrogens (tertiary/aromatic N) is 1. The Balaban J connectivity index is 2.19. The van der Waals surface area contributed by atoms with E-state index in [1.807, 2.05) is 24.3 Å². The molecule has 21 heavy (non-hydrogen) atoms. The van der Waals surface area contributed by atoms with Gasteiger partial charge >= 0.3 is 0 Å². The number of nitrogens with two attached hydrogens (primary N) is 1. The van der Waals surface area contributed by atoms with Crippen LogP contribution in [0.2, 0.25) is 5.15 Å². The third-order valence-corrected chi connectivity index (χ3v) is 3.11. The summed E-state index contributed by atoms with van der Waals surface area (Å²) in [7, 11) is 1.64. The van der Waals surface area contributed by atoms with Crippen LogP contribution < -0.4 is 11.1 Å². The van der Waals surface area contributed by atoms with Crippen molar-refractivity contribution in [2.45, 2.75) is 6.42 Å². The molecule has 3 N–H and O–H groups in total. The molecule has 1 amide bonds. The molecule has 0 aliphatic carbocycles. The Labute approximate surface area is 128 Å². The molecule has 0 saturated carbocycles. The highest BCUT2D eigenvalue weighted by atomic mass is 35.5.